The van der Waals surface area contributed by atoms with E-state index in [-0.39, 0.29) is 43.8 Å². The monoisotopic (exact) mass is 408 g/mol. The molecule has 0 aliphatic heterocycles. The summed E-state index contributed by atoms with van der Waals surface area (Å²) in [5, 5.41) is 54.6. The molecule has 0 saturated heterocycles. The van der Waals surface area contributed by atoms with Gasteiger partial charge in [0.1, 0.15) is 0 Å². The van der Waals surface area contributed by atoms with E-state index in [4.69, 9.17) is 0 Å². The number of benzene rings is 3. The maximum atomic E-state index is 12.6. The van der Waals surface area contributed by atoms with Crippen molar-refractivity contribution < 1.29 is 19.6 Å². The van der Waals surface area contributed by atoms with Gasteiger partial charge in [0.05, 0.1) is 9.85 Å². The number of hydrogen-bond donors (Lipinski definition) is 0. The SMILES string of the molecule is O=[N+]([O-])c1ccccc1N=[N+]([O-])c1ccccc1[N+]([O-])=Nc1ccccc1[N+](=O)[O-]. The van der Waals surface area contributed by atoms with Crippen molar-refractivity contribution in [2.45, 2.75) is 0 Å². The summed E-state index contributed by atoms with van der Waals surface area (Å²) in [5.74, 6) is 0. The van der Waals surface area contributed by atoms with E-state index in [2.05, 4.69) is 10.2 Å². The second kappa shape index (κ2) is 8.52. The van der Waals surface area contributed by atoms with Crippen LogP contribution < -0.4 is 0 Å². The maximum Gasteiger partial charge on any atom is 0.319 e. The zero-order valence-corrected chi connectivity index (χ0v) is 15.1. The van der Waals surface area contributed by atoms with E-state index >= 15 is 0 Å². The second-order valence-electron chi connectivity index (χ2n) is 5.73. The van der Waals surface area contributed by atoms with Gasteiger partial charge < -0.3 is 10.4 Å². The van der Waals surface area contributed by atoms with Gasteiger partial charge in [0.15, 0.2) is 0 Å². The Kier molecular flexibility index (Phi) is 5.68. The van der Waals surface area contributed by atoms with Gasteiger partial charge in [0, 0.05) is 34.5 Å². The van der Waals surface area contributed by atoms with Crippen LogP contribution in [0.5, 0.6) is 0 Å². The number of azo groups is 2. The molecule has 0 unspecified atom stereocenters. The summed E-state index contributed by atoms with van der Waals surface area (Å²) in [7, 11) is 0. The summed E-state index contributed by atoms with van der Waals surface area (Å²) in [5.41, 5.74) is -1.71. The number of para-hydroxylation sites is 4. The summed E-state index contributed by atoms with van der Waals surface area (Å²) >= 11 is 0. The van der Waals surface area contributed by atoms with Crippen molar-refractivity contribution in [3.63, 3.8) is 0 Å². The minimum Gasteiger partial charge on any atom is -0.594 e. The summed E-state index contributed by atoms with van der Waals surface area (Å²) in [6, 6.07) is 16.1. The fourth-order valence-electron chi connectivity index (χ4n) is 2.50. The molecule has 3 aromatic rings. The first-order valence-electron chi connectivity index (χ1n) is 8.32. The van der Waals surface area contributed by atoms with Crippen molar-refractivity contribution in [2.24, 2.45) is 10.2 Å². The van der Waals surface area contributed by atoms with Gasteiger partial charge in [-0.3, -0.25) is 20.2 Å². The van der Waals surface area contributed by atoms with E-state index in [0.717, 1.165) is 0 Å². The molecule has 0 bridgehead atoms. The molecule has 0 N–H and O–H groups in total. The lowest BCUT2D eigenvalue weighted by Gasteiger charge is -2.04. The molecule has 0 saturated carbocycles. The van der Waals surface area contributed by atoms with Crippen LogP contribution in [0.3, 0.4) is 0 Å². The first-order chi connectivity index (χ1) is 14.4. The highest BCUT2D eigenvalue weighted by atomic mass is 16.6. The first kappa shape index (κ1) is 20.0. The van der Waals surface area contributed by atoms with Crippen LogP contribution in [0.1, 0.15) is 0 Å². The molecular formula is C18H12N6O6. The van der Waals surface area contributed by atoms with Crippen LogP contribution in [-0.4, -0.2) is 19.6 Å². The van der Waals surface area contributed by atoms with Crippen molar-refractivity contribution in [1.29, 1.82) is 0 Å². The highest BCUT2D eigenvalue weighted by Gasteiger charge is 2.23. The van der Waals surface area contributed by atoms with Crippen LogP contribution in [0.15, 0.2) is 83.0 Å². The summed E-state index contributed by atoms with van der Waals surface area (Å²) in [4.78, 5) is 20.9. The van der Waals surface area contributed by atoms with Gasteiger partial charge >= 0.3 is 22.7 Å². The Morgan fingerprint density at radius 1 is 0.500 bits per heavy atom. The molecule has 0 amide bonds. The molecule has 0 atom stereocenters. The number of nitro benzene ring substituents is 2. The van der Waals surface area contributed by atoms with E-state index in [1.807, 2.05) is 0 Å². The highest BCUT2D eigenvalue weighted by Crippen LogP contribution is 2.33. The van der Waals surface area contributed by atoms with E-state index in [9.17, 15) is 30.6 Å². The molecule has 0 heterocycles. The fraction of sp³-hybridized carbons (Fsp3) is 0. The zero-order valence-electron chi connectivity index (χ0n) is 15.1. The number of rotatable bonds is 6. The largest absolute Gasteiger partial charge is 0.594 e. The second-order valence-corrected chi connectivity index (χ2v) is 5.73. The molecule has 3 rings (SSSR count). The standard InChI is InChI=1S/C18H12N6O6/c25-21(19-13-7-1-3-9-15(13)23(27)28)17-11-5-6-12-18(17)22(26)20-14-8-2-4-10-16(14)24(29)30/h1-12H. The lowest BCUT2D eigenvalue weighted by atomic mass is 10.2. The Morgan fingerprint density at radius 3 is 1.13 bits per heavy atom. The van der Waals surface area contributed by atoms with Gasteiger partial charge in [-0.1, -0.05) is 36.4 Å². The summed E-state index contributed by atoms with van der Waals surface area (Å²) in [6.07, 6.45) is 0. The Labute approximate surface area is 168 Å². The Balaban J connectivity index is 2.07. The number of nitrogens with zero attached hydrogens (tertiary/aromatic N) is 6. The number of nitro groups is 2. The van der Waals surface area contributed by atoms with Gasteiger partial charge in [0.2, 0.25) is 11.4 Å². The molecule has 0 aliphatic rings. The predicted octanol–water partition coefficient (Wildman–Crippen LogP) is 5.35. The normalized spacial score (nSPS) is 11.9. The zero-order chi connectivity index (χ0) is 21.7. The topological polar surface area (TPSA) is 163 Å². The third-order valence-electron chi connectivity index (χ3n) is 3.85. The average Bonchev–Trinajstić information content (AvgIpc) is 2.74. The van der Waals surface area contributed by atoms with E-state index in [1.165, 1.54) is 72.8 Å². The lowest BCUT2D eigenvalue weighted by molar-refractivity contribution is -0.472. The Morgan fingerprint density at radius 2 is 0.800 bits per heavy atom. The Bertz CT molecular complexity index is 1100. The van der Waals surface area contributed by atoms with Crippen molar-refractivity contribution in [3.05, 3.63) is 103 Å². The van der Waals surface area contributed by atoms with Crippen LogP contribution >= 0.6 is 0 Å². The van der Waals surface area contributed by atoms with Crippen LogP contribution in [0.4, 0.5) is 34.1 Å². The van der Waals surface area contributed by atoms with Crippen LogP contribution in [0.25, 0.3) is 0 Å². The summed E-state index contributed by atoms with van der Waals surface area (Å²) < 4.78 is 0. The van der Waals surface area contributed by atoms with Gasteiger partial charge in [-0.15, -0.1) is 0 Å². The average molecular weight is 408 g/mol. The molecule has 12 nitrogen and oxygen atoms in total. The Hall–Kier alpha value is -4.74. The van der Waals surface area contributed by atoms with Crippen LogP contribution in [-0.2, 0) is 0 Å². The molecule has 0 radical (unpaired) electrons. The molecule has 3 aromatic carbocycles. The molecule has 150 valence electrons. The minimum absolute atomic E-state index is 0.0531. The van der Waals surface area contributed by atoms with Crippen molar-refractivity contribution in [1.82, 2.24) is 0 Å². The van der Waals surface area contributed by atoms with Crippen molar-refractivity contribution in [3.8, 4) is 0 Å². The van der Waals surface area contributed by atoms with Gasteiger partial charge in [-0.2, -0.15) is 0 Å². The highest BCUT2D eigenvalue weighted by molar-refractivity contribution is 5.58. The van der Waals surface area contributed by atoms with Crippen LogP contribution in [0, 0.1) is 30.6 Å². The molecule has 30 heavy (non-hydrogen) atoms. The van der Waals surface area contributed by atoms with Gasteiger partial charge in [-0.25, -0.2) is 0 Å². The first-order valence-corrected chi connectivity index (χ1v) is 8.32. The summed E-state index contributed by atoms with van der Waals surface area (Å²) in [6.45, 7) is 0. The van der Waals surface area contributed by atoms with E-state index in [0.29, 0.717) is 0 Å². The molecule has 12 heteroatoms. The third kappa shape index (κ3) is 4.22. The molecule has 0 fully saturated rings. The van der Waals surface area contributed by atoms with E-state index in [1.54, 1.807) is 0 Å². The van der Waals surface area contributed by atoms with Gasteiger partial charge in [-0.05, 0) is 21.9 Å². The molecular weight excluding hydrogens is 396 g/mol. The third-order valence-corrected chi connectivity index (χ3v) is 3.85. The predicted molar refractivity (Wildman–Crippen MR) is 103 cm³/mol. The smallest absolute Gasteiger partial charge is 0.319 e. The maximum absolute atomic E-state index is 12.6. The molecule has 0 aromatic heterocycles. The van der Waals surface area contributed by atoms with Crippen LogP contribution in [0.2, 0.25) is 0 Å². The molecule has 0 aliphatic carbocycles. The molecule has 0 spiro atoms. The van der Waals surface area contributed by atoms with E-state index < -0.39 is 9.85 Å². The number of hydrogen-bond acceptors (Lipinski definition) is 8. The lowest BCUT2D eigenvalue weighted by Crippen LogP contribution is -1.99. The van der Waals surface area contributed by atoms with Crippen molar-refractivity contribution in [2.75, 3.05) is 0 Å². The minimum atomic E-state index is -0.692. The fourth-order valence-corrected chi connectivity index (χ4v) is 2.50. The quantitative estimate of drug-likeness (QED) is 0.231. The van der Waals surface area contributed by atoms with Gasteiger partial charge in [0.25, 0.3) is 0 Å². The van der Waals surface area contributed by atoms with Crippen molar-refractivity contribution >= 4 is 34.1 Å².